The lowest BCUT2D eigenvalue weighted by molar-refractivity contribution is 0.0950. The van der Waals surface area contributed by atoms with Gasteiger partial charge in [0.05, 0.1) is 17.8 Å². The molecule has 110 valence electrons. The van der Waals surface area contributed by atoms with E-state index in [0.29, 0.717) is 12.1 Å². The van der Waals surface area contributed by atoms with E-state index in [1.807, 2.05) is 32.3 Å². The molecule has 0 aromatic carbocycles. The Labute approximate surface area is 127 Å². The van der Waals surface area contributed by atoms with Gasteiger partial charge < -0.3 is 10.4 Å². The standard InChI is InChI=1S/C15H17N3O2S/c1-10-14(11(2)18(3)17-10)15(20)16-8-13-7-12(9-21-13)5-4-6-19/h7,9,19H,6,8H2,1-3H3,(H,16,20). The zero-order valence-corrected chi connectivity index (χ0v) is 13.0. The molecule has 2 rings (SSSR count). The third-order valence-electron chi connectivity index (χ3n) is 3.12. The van der Waals surface area contributed by atoms with Crippen molar-refractivity contribution in [1.29, 1.82) is 0 Å². The second-order valence-corrected chi connectivity index (χ2v) is 5.61. The van der Waals surface area contributed by atoms with Gasteiger partial charge in [-0.2, -0.15) is 5.10 Å². The van der Waals surface area contributed by atoms with Crippen LogP contribution in [0.25, 0.3) is 0 Å². The van der Waals surface area contributed by atoms with Crippen LogP contribution in [0.5, 0.6) is 0 Å². The predicted octanol–water partition coefficient (Wildman–Crippen LogP) is 1.37. The molecule has 0 radical (unpaired) electrons. The lowest BCUT2D eigenvalue weighted by Crippen LogP contribution is -2.23. The van der Waals surface area contributed by atoms with E-state index < -0.39 is 0 Å². The topological polar surface area (TPSA) is 67.2 Å². The highest BCUT2D eigenvalue weighted by atomic mass is 32.1. The molecule has 0 aliphatic carbocycles. The van der Waals surface area contributed by atoms with Crippen LogP contribution in [0.4, 0.5) is 0 Å². The number of hydrogen-bond donors (Lipinski definition) is 2. The number of rotatable bonds is 3. The minimum atomic E-state index is -0.151. The Bertz CT molecular complexity index is 719. The summed E-state index contributed by atoms with van der Waals surface area (Å²) >= 11 is 1.53. The summed E-state index contributed by atoms with van der Waals surface area (Å²) in [4.78, 5) is 13.2. The van der Waals surface area contributed by atoms with E-state index in [0.717, 1.165) is 21.8 Å². The predicted molar refractivity (Wildman–Crippen MR) is 82.1 cm³/mol. The average Bonchev–Trinajstić information content (AvgIpc) is 2.99. The first-order valence-electron chi connectivity index (χ1n) is 6.48. The third kappa shape index (κ3) is 3.51. The SMILES string of the molecule is Cc1nn(C)c(C)c1C(=O)NCc1cc(C#CCO)cs1. The number of aliphatic hydroxyl groups is 1. The van der Waals surface area contributed by atoms with Gasteiger partial charge in [0.15, 0.2) is 0 Å². The Morgan fingerprint density at radius 1 is 1.52 bits per heavy atom. The van der Waals surface area contributed by atoms with Crippen molar-refractivity contribution in [3.05, 3.63) is 38.8 Å². The Balaban J connectivity index is 2.02. The van der Waals surface area contributed by atoms with Crippen molar-refractivity contribution in [1.82, 2.24) is 15.1 Å². The maximum atomic E-state index is 12.2. The number of carbonyl (C=O) groups is 1. The third-order valence-corrected chi connectivity index (χ3v) is 4.06. The molecule has 0 aliphatic heterocycles. The molecule has 2 aromatic rings. The quantitative estimate of drug-likeness (QED) is 0.842. The number of thiophene rings is 1. The first-order chi connectivity index (χ1) is 10.0. The molecule has 2 aromatic heterocycles. The highest BCUT2D eigenvalue weighted by Crippen LogP contribution is 2.15. The van der Waals surface area contributed by atoms with Crippen molar-refractivity contribution < 1.29 is 9.90 Å². The summed E-state index contributed by atoms with van der Waals surface area (Å²) in [6.07, 6.45) is 0. The fourth-order valence-electron chi connectivity index (χ4n) is 2.04. The van der Waals surface area contributed by atoms with Crippen molar-refractivity contribution in [2.24, 2.45) is 7.05 Å². The Morgan fingerprint density at radius 2 is 2.29 bits per heavy atom. The summed E-state index contributed by atoms with van der Waals surface area (Å²) in [5.74, 6) is 5.32. The van der Waals surface area contributed by atoms with E-state index in [1.54, 1.807) is 4.68 Å². The second-order valence-electron chi connectivity index (χ2n) is 4.61. The van der Waals surface area contributed by atoms with Gasteiger partial charge in [0.25, 0.3) is 5.91 Å². The van der Waals surface area contributed by atoms with Crippen molar-refractivity contribution in [2.45, 2.75) is 20.4 Å². The van der Waals surface area contributed by atoms with E-state index in [-0.39, 0.29) is 12.5 Å². The number of carbonyl (C=O) groups excluding carboxylic acids is 1. The number of aromatic nitrogens is 2. The second kappa shape index (κ2) is 6.57. The van der Waals surface area contributed by atoms with Gasteiger partial charge in [-0.25, -0.2) is 0 Å². The van der Waals surface area contributed by atoms with E-state index >= 15 is 0 Å². The lowest BCUT2D eigenvalue weighted by Gasteiger charge is -2.04. The van der Waals surface area contributed by atoms with Crippen LogP contribution in [0.2, 0.25) is 0 Å². The van der Waals surface area contributed by atoms with E-state index in [2.05, 4.69) is 22.3 Å². The molecule has 0 unspecified atom stereocenters. The highest BCUT2D eigenvalue weighted by molar-refractivity contribution is 7.10. The fourth-order valence-corrected chi connectivity index (χ4v) is 2.79. The molecule has 5 nitrogen and oxygen atoms in total. The molecule has 0 fully saturated rings. The van der Waals surface area contributed by atoms with Crippen LogP contribution in [0.15, 0.2) is 11.4 Å². The average molecular weight is 303 g/mol. The van der Waals surface area contributed by atoms with Gasteiger partial charge >= 0.3 is 0 Å². The minimum Gasteiger partial charge on any atom is -0.384 e. The normalized spacial score (nSPS) is 10.1. The summed E-state index contributed by atoms with van der Waals surface area (Å²) < 4.78 is 1.71. The van der Waals surface area contributed by atoms with Crippen LogP contribution < -0.4 is 5.32 Å². The molecular formula is C15H17N3O2S. The smallest absolute Gasteiger partial charge is 0.255 e. The van der Waals surface area contributed by atoms with Crippen LogP contribution in [0.3, 0.4) is 0 Å². The van der Waals surface area contributed by atoms with E-state index in [9.17, 15) is 4.79 Å². The van der Waals surface area contributed by atoms with Crippen LogP contribution in [0.1, 0.15) is 32.2 Å². The fraction of sp³-hybridized carbons (Fsp3) is 0.333. The number of aryl methyl sites for hydroxylation is 2. The number of hydrogen-bond acceptors (Lipinski definition) is 4. The maximum Gasteiger partial charge on any atom is 0.255 e. The van der Waals surface area contributed by atoms with Crippen LogP contribution >= 0.6 is 11.3 Å². The van der Waals surface area contributed by atoms with Crippen LogP contribution in [-0.2, 0) is 13.6 Å². The molecule has 0 bridgehead atoms. The molecule has 21 heavy (non-hydrogen) atoms. The number of nitrogens with zero attached hydrogens (tertiary/aromatic N) is 2. The summed E-state index contributed by atoms with van der Waals surface area (Å²) in [5, 5.41) is 17.7. The molecule has 2 N–H and O–H groups in total. The van der Waals surface area contributed by atoms with Gasteiger partial charge in [0.1, 0.15) is 6.61 Å². The molecule has 0 saturated carbocycles. The number of aliphatic hydroxyl groups excluding tert-OH is 1. The molecule has 1 amide bonds. The van der Waals surface area contributed by atoms with Gasteiger partial charge in [0.2, 0.25) is 0 Å². The zero-order chi connectivity index (χ0) is 15.4. The molecule has 0 atom stereocenters. The monoisotopic (exact) mass is 303 g/mol. The van der Waals surface area contributed by atoms with Crippen molar-refractivity contribution in [3.63, 3.8) is 0 Å². The first kappa shape index (κ1) is 15.3. The van der Waals surface area contributed by atoms with Gasteiger partial charge in [-0.05, 0) is 19.9 Å². The van der Waals surface area contributed by atoms with Crippen molar-refractivity contribution in [2.75, 3.05) is 6.61 Å². The summed E-state index contributed by atoms with van der Waals surface area (Å²) in [5.41, 5.74) is 3.07. The Hall–Kier alpha value is -2.10. The largest absolute Gasteiger partial charge is 0.384 e. The van der Waals surface area contributed by atoms with Gasteiger partial charge in [0, 0.05) is 28.6 Å². The Morgan fingerprint density at radius 3 is 2.90 bits per heavy atom. The van der Waals surface area contributed by atoms with Crippen LogP contribution in [0, 0.1) is 25.7 Å². The van der Waals surface area contributed by atoms with E-state index in [1.165, 1.54) is 11.3 Å². The number of nitrogens with one attached hydrogen (secondary N) is 1. The highest BCUT2D eigenvalue weighted by Gasteiger charge is 2.16. The van der Waals surface area contributed by atoms with Crippen molar-refractivity contribution in [3.8, 4) is 11.8 Å². The first-order valence-corrected chi connectivity index (χ1v) is 7.36. The minimum absolute atomic E-state index is 0.116. The zero-order valence-electron chi connectivity index (χ0n) is 12.2. The lowest BCUT2D eigenvalue weighted by atomic mass is 10.2. The molecular weight excluding hydrogens is 286 g/mol. The molecule has 6 heteroatoms. The van der Waals surface area contributed by atoms with Gasteiger partial charge in [-0.3, -0.25) is 9.48 Å². The molecule has 2 heterocycles. The van der Waals surface area contributed by atoms with Gasteiger partial charge in [-0.1, -0.05) is 11.8 Å². The molecule has 0 saturated heterocycles. The molecule has 0 aliphatic rings. The molecule has 0 spiro atoms. The summed E-state index contributed by atoms with van der Waals surface area (Å²) in [7, 11) is 1.82. The maximum absolute atomic E-state index is 12.2. The van der Waals surface area contributed by atoms with Gasteiger partial charge in [-0.15, -0.1) is 11.3 Å². The van der Waals surface area contributed by atoms with E-state index in [4.69, 9.17) is 5.11 Å². The summed E-state index contributed by atoms with van der Waals surface area (Å²) in [6, 6.07) is 1.91. The Kier molecular flexibility index (Phi) is 4.78. The van der Waals surface area contributed by atoms with Crippen molar-refractivity contribution >= 4 is 17.2 Å². The van der Waals surface area contributed by atoms with Crippen LogP contribution in [-0.4, -0.2) is 27.4 Å². The number of amides is 1. The summed E-state index contributed by atoms with van der Waals surface area (Å²) in [6.45, 7) is 4.01.